The van der Waals surface area contributed by atoms with Crippen molar-refractivity contribution < 1.29 is 14.3 Å². The Morgan fingerprint density at radius 2 is 2.21 bits per heavy atom. The van der Waals surface area contributed by atoms with Crippen LogP contribution in [0.5, 0.6) is 0 Å². The Balaban J connectivity index is 2.50. The van der Waals surface area contributed by atoms with E-state index in [1.54, 1.807) is 7.11 Å². The van der Waals surface area contributed by atoms with E-state index in [-0.39, 0.29) is 12.6 Å². The van der Waals surface area contributed by atoms with E-state index in [0.29, 0.717) is 38.0 Å². The molecule has 0 amide bonds. The molecule has 7 heteroatoms. The second-order valence-electron chi connectivity index (χ2n) is 4.51. The molecule has 0 bridgehead atoms. The first kappa shape index (κ1) is 15.9. The number of aliphatic hydroxyl groups is 1. The van der Waals surface area contributed by atoms with E-state index in [4.69, 9.17) is 14.3 Å². The molecule has 0 saturated carbocycles. The second-order valence-corrected chi connectivity index (χ2v) is 4.51. The fourth-order valence-electron chi connectivity index (χ4n) is 1.62. The summed E-state index contributed by atoms with van der Waals surface area (Å²) >= 11 is 0. The molecular weight excluding hydrogens is 248 g/mol. The highest BCUT2D eigenvalue weighted by Gasteiger charge is 2.16. The van der Waals surface area contributed by atoms with Gasteiger partial charge in [-0.2, -0.15) is 0 Å². The van der Waals surface area contributed by atoms with Crippen LogP contribution in [-0.2, 0) is 11.3 Å². The highest BCUT2D eigenvalue weighted by Crippen LogP contribution is 2.15. The van der Waals surface area contributed by atoms with Crippen molar-refractivity contribution in [2.75, 3.05) is 38.3 Å². The average molecular weight is 272 g/mol. The number of anilines is 1. The minimum Gasteiger partial charge on any atom is -0.407 e. The predicted molar refractivity (Wildman–Crippen MR) is 72.1 cm³/mol. The smallest absolute Gasteiger partial charge is 0.318 e. The maximum atomic E-state index is 8.90. The summed E-state index contributed by atoms with van der Waals surface area (Å²) in [6.07, 6.45) is 0.683. The lowest BCUT2D eigenvalue weighted by molar-refractivity contribution is 0.198. The van der Waals surface area contributed by atoms with Crippen molar-refractivity contribution in [3.8, 4) is 0 Å². The van der Waals surface area contributed by atoms with E-state index >= 15 is 0 Å². The fourth-order valence-corrected chi connectivity index (χ4v) is 1.62. The van der Waals surface area contributed by atoms with Gasteiger partial charge in [-0.3, -0.25) is 0 Å². The zero-order chi connectivity index (χ0) is 14.1. The highest BCUT2D eigenvalue weighted by molar-refractivity contribution is 5.25. The van der Waals surface area contributed by atoms with Crippen molar-refractivity contribution in [3.05, 3.63) is 5.89 Å². The summed E-state index contributed by atoms with van der Waals surface area (Å²) in [5, 5.41) is 20.1. The van der Waals surface area contributed by atoms with E-state index in [1.807, 2.05) is 4.90 Å². The molecule has 0 aliphatic rings. The first-order valence-electron chi connectivity index (χ1n) is 6.58. The van der Waals surface area contributed by atoms with Gasteiger partial charge in [-0.15, -0.1) is 5.10 Å². The lowest BCUT2D eigenvalue weighted by atomic mass is 10.3. The van der Waals surface area contributed by atoms with Gasteiger partial charge in [0, 0.05) is 32.8 Å². The first-order chi connectivity index (χ1) is 9.19. The third-order valence-electron chi connectivity index (χ3n) is 2.64. The normalized spacial score (nSPS) is 11.2. The summed E-state index contributed by atoms with van der Waals surface area (Å²) in [5.41, 5.74) is 0. The number of nitrogens with zero attached hydrogens (tertiary/aromatic N) is 3. The lowest BCUT2D eigenvalue weighted by Crippen LogP contribution is -2.32. The Morgan fingerprint density at radius 1 is 1.42 bits per heavy atom. The van der Waals surface area contributed by atoms with Crippen LogP contribution in [0.1, 0.15) is 26.2 Å². The SMILES string of the molecule is COCCNCc1nnc(N(CCCO)C(C)C)o1. The lowest BCUT2D eigenvalue weighted by Gasteiger charge is -2.23. The maximum absolute atomic E-state index is 8.90. The summed E-state index contributed by atoms with van der Waals surface area (Å²) in [6, 6.07) is 0.758. The molecule has 0 atom stereocenters. The third-order valence-corrected chi connectivity index (χ3v) is 2.64. The van der Waals surface area contributed by atoms with Crippen molar-refractivity contribution in [1.82, 2.24) is 15.5 Å². The van der Waals surface area contributed by atoms with Gasteiger partial charge in [0.05, 0.1) is 13.2 Å². The standard InChI is InChI=1S/C12H24N4O3/c1-10(2)16(6-4-7-17)12-15-14-11(19-12)9-13-5-8-18-3/h10,13,17H,4-9H2,1-3H3. The molecule has 0 aliphatic carbocycles. The fraction of sp³-hybridized carbons (Fsp3) is 0.833. The van der Waals surface area contributed by atoms with Gasteiger partial charge in [-0.05, 0) is 20.3 Å². The average Bonchev–Trinajstić information content (AvgIpc) is 2.83. The summed E-state index contributed by atoms with van der Waals surface area (Å²) in [4.78, 5) is 1.99. The van der Waals surface area contributed by atoms with Crippen molar-refractivity contribution >= 4 is 6.01 Å². The number of nitrogens with one attached hydrogen (secondary N) is 1. The Kier molecular flexibility index (Phi) is 7.39. The van der Waals surface area contributed by atoms with E-state index in [0.717, 1.165) is 6.54 Å². The minimum absolute atomic E-state index is 0.156. The zero-order valence-electron chi connectivity index (χ0n) is 11.9. The molecule has 19 heavy (non-hydrogen) atoms. The topological polar surface area (TPSA) is 83.7 Å². The number of aliphatic hydroxyl groups excluding tert-OH is 1. The molecule has 7 nitrogen and oxygen atoms in total. The zero-order valence-corrected chi connectivity index (χ0v) is 11.9. The number of hydrogen-bond donors (Lipinski definition) is 2. The monoisotopic (exact) mass is 272 g/mol. The summed E-state index contributed by atoms with van der Waals surface area (Å²) in [6.45, 7) is 6.89. The van der Waals surface area contributed by atoms with E-state index < -0.39 is 0 Å². The van der Waals surface area contributed by atoms with Crippen LogP contribution in [0.3, 0.4) is 0 Å². The molecular formula is C12H24N4O3. The van der Waals surface area contributed by atoms with Gasteiger partial charge in [-0.1, -0.05) is 5.10 Å². The van der Waals surface area contributed by atoms with E-state index in [1.165, 1.54) is 0 Å². The molecule has 2 N–H and O–H groups in total. The van der Waals surface area contributed by atoms with Gasteiger partial charge in [0.1, 0.15) is 0 Å². The number of ether oxygens (including phenoxy) is 1. The van der Waals surface area contributed by atoms with E-state index in [9.17, 15) is 0 Å². The van der Waals surface area contributed by atoms with E-state index in [2.05, 4.69) is 29.4 Å². The van der Waals surface area contributed by atoms with Gasteiger partial charge >= 0.3 is 6.01 Å². The molecule has 0 saturated heterocycles. The Morgan fingerprint density at radius 3 is 2.84 bits per heavy atom. The maximum Gasteiger partial charge on any atom is 0.318 e. The quantitative estimate of drug-likeness (QED) is 0.596. The number of aromatic nitrogens is 2. The molecule has 110 valence electrons. The molecule has 1 aromatic rings. The molecule has 0 aliphatic heterocycles. The van der Waals surface area contributed by atoms with Crippen molar-refractivity contribution in [2.45, 2.75) is 32.9 Å². The molecule has 0 aromatic carbocycles. The first-order valence-corrected chi connectivity index (χ1v) is 6.58. The largest absolute Gasteiger partial charge is 0.407 e. The van der Waals surface area contributed by atoms with Crippen LogP contribution >= 0.6 is 0 Å². The van der Waals surface area contributed by atoms with Crippen molar-refractivity contribution in [1.29, 1.82) is 0 Å². The predicted octanol–water partition coefficient (Wildman–Crippen LogP) is 0.403. The molecule has 1 rings (SSSR count). The van der Waals surface area contributed by atoms with Gasteiger partial charge in [0.25, 0.3) is 0 Å². The molecule has 0 fully saturated rings. The van der Waals surface area contributed by atoms with Gasteiger partial charge < -0.3 is 24.5 Å². The van der Waals surface area contributed by atoms with Gasteiger partial charge in [0.2, 0.25) is 5.89 Å². The summed E-state index contributed by atoms with van der Waals surface area (Å²) in [5.74, 6) is 0.556. The number of rotatable bonds is 10. The summed E-state index contributed by atoms with van der Waals surface area (Å²) < 4.78 is 10.5. The summed E-state index contributed by atoms with van der Waals surface area (Å²) in [7, 11) is 1.66. The molecule has 1 heterocycles. The van der Waals surface area contributed by atoms with Crippen LogP contribution in [0.4, 0.5) is 6.01 Å². The Labute approximate surface area is 114 Å². The van der Waals surface area contributed by atoms with Crippen LogP contribution in [0, 0.1) is 0 Å². The van der Waals surface area contributed by atoms with Crippen molar-refractivity contribution in [2.24, 2.45) is 0 Å². The number of hydrogen-bond acceptors (Lipinski definition) is 7. The number of methoxy groups -OCH3 is 1. The molecule has 0 radical (unpaired) electrons. The molecule has 1 aromatic heterocycles. The molecule has 0 unspecified atom stereocenters. The van der Waals surface area contributed by atoms with Crippen LogP contribution in [0.15, 0.2) is 4.42 Å². The highest BCUT2D eigenvalue weighted by atomic mass is 16.5. The second kappa shape index (κ2) is 8.84. The van der Waals surface area contributed by atoms with Gasteiger partial charge in [-0.25, -0.2) is 0 Å². The van der Waals surface area contributed by atoms with Crippen LogP contribution in [0.2, 0.25) is 0 Å². The van der Waals surface area contributed by atoms with Gasteiger partial charge in [0.15, 0.2) is 0 Å². The van der Waals surface area contributed by atoms with Crippen LogP contribution < -0.4 is 10.2 Å². The van der Waals surface area contributed by atoms with Crippen molar-refractivity contribution in [3.63, 3.8) is 0 Å². The third kappa shape index (κ3) is 5.54. The van der Waals surface area contributed by atoms with Crippen LogP contribution in [-0.4, -0.2) is 54.8 Å². The Hall–Kier alpha value is -1.18. The molecule has 0 spiro atoms. The Bertz CT molecular complexity index is 343. The van der Waals surface area contributed by atoms with Crippen LogP contribution in [0.25, 0.3) is 0 Å². The minimum atomic E-state index is 0.156.